The molecule has 6 heteroatoms. The van der Waals surface area contributed by atoms with Gasteiger partial charge in [-0.05, 0) is 49.2 Å². The summed E-state index contributed by atoms with van der Waals surface area (Å²) in [6.45, 7) is 3.09. The number of hydrogen-bond acceptors (Lipinski definition) is 4. The van der Waals surface area contributed by atoms with Crippen LogP contribution in [0.15, 0.2) is 58.1 Å². The van der Waals surface area contributed by atoms with Crippen LogP contribution in [0.1, 0.15) is 42.3 Å². The quantitative estimate of drug-likeness (QED) is 0.773. The van der Waals surface area contributed by atoms with Crippen LogP contribution in [0, 0.1) is 0 Å². The molecule has 2 aromatic rings. The molecule has 1 aliphatic rings. The number of benzene rings is 1. The summed E-state index contributed by atoms with van der Waals surface area (Å²) >= 11 is 0. The van der Waals surface area contributed by atoms with E-state index in [0.29, 0.717) is 25.1 Å². The molecule has 0 spiro atoms. The maximum absolute atomic E-state index is 12.8. The topological polar surface area (TPSA) is 67.6 Å². The molecule has 1 aromatic carbocycles. The smallest absolute Gasteiger partial charge is 0.254 e. The van der Waals surface area contributed by atoms with Gasteiger partial charge in [-0.3, -0.25) is 4.79 Å². The summed E-state index contributed by atoms with van der Waals surface area (Å²) in [7, 11) is -3.27. The minimum absolute atomic E-state index is 0.0975. The number of furan rings is 1. The maximum atomic E-state index is 12.8. The minimum atomic E-state index is -3.27. The lowest BCUT2D eigenvalue weighted by molar-refractivity contribution is 0.0774. The zero-order valence-electron chi connectivity index (χ0n) is 14.8. The van der Waals surface area contributed by atoms with Gasteiger partial charge in [0.15, 0.2) is 9.84 Å². The third-order valence-corrected chi connectivity index (χ3v) is 6.32. The van der Waals surface area contributed by atoms with Gasteiger partial charge in [0, 0.05) is 24.2 Å². The van der Waals surface area contributed by atoms with E-state index in [1.807, 2.05) is 19.1 Å². The first-order valence-electron chi connectivity index (χ1n) is 8.86. The number of carbonyl (C=O) groups excluding carboxylic acids is 1. The number of carbonyl (C=O) groups is 1. The number of sulfone groups is 1. The van der Waals surface area contributed by atoms with Crippen molar-refractivity contribution >= 4 is 21.3 Å². The highest BCUT2D eigenvalue weighted by Gasteiger charge is 2.22. The molecule has 0 aliphatic carbocycles. The average molecular weight is 373 g/mol. The summed E-state index contributed by atoms with van der Waals surface area (Å²) in [5.74, 6) is 0.819. The Kier molecular flexibility index (Phi) is 5.61. The van der Waals surface area contributed by atoms with Crippen molar-refractivity contribution in [3.8, 4) is 0 Å². The normalized spacial score (nSPS) is 15.0. The van der Waals surface area contributed by atoms with E-state index in [-0.39, 0.29) is 16.6 Å². The summed E-state index contributed by atoms with van der Waals surface area (Å²) in [6.07, 6.45) is 5.95. The van der Waals surface area contributed by atoms with Crippen LogP contribution < -0.4 is 0 Å². The van der Waals surface area contributed by atoms with Crippen LogP contribution in [0.25, 0.3) is 5.57 Å². The fourth-order valence-corrected chi connectivity index (χ4v) is 4.45. The Labute approximate surface area is 154 Å². The van der Waals surface area contributed by atoms with Gasteiger partial charge in [-0.25, -0.2) is 8.42 Å². The van der Waals surface area contributed by atoms with Gasteiger partial charge < -0.3 is 9.32 Å². The van der Waals surface area contributed by atoms with Gasteiger partial charge in [0.2, 0.25) is 0 Å². The van der Waals surface area contributed by atoms with Gasteiger partial charge in [-0.2, -0.15) is 0 Å². The summed E-state index contributed by atoms with van der Waals surface area (Å²) in [6, 6.07) is 9.99. The van der Waals surface area contributed by atoms with Crippen LogP contribution >= 0.6 is 0 Å². The second-order valence-corrected chi connectivity index (χ2v) is 8.53. The number of rotatable bonds is 6. The van der Waals surface area contributed by atoms with Crippen molar-refractivity contribution in [1.82, 2.24) is 4.90 Å². The van der Waals surface area contributed by atoms with Crippen LogP contribution in [0.4, 0.5) is 0 Å². The molecule has 3 rings (SSSR count). The van der Waals surface area contributed by atoms with E-state index >= 15 is 0 Å². The Morgan fingerprint density at radius 3 is 2.62 bits per heavy atom. The van der Waals surface area contributed by atoms with E-state index < -0.39 is 9.84 Å². The molecule has 0 fully saturated rings. The van der Waals surface area contributed by atoms with E-state index in [1.54, 1.807) is 23.3 Å². The molecule has 0 unspecified atom stereocenters. The van der Waals surface area contributed by atoms with Gasteiger partial charge in [0.25, 0.3) is 5.91 Å². The summed E-state index contributed by atoms with van der Waals surface area (Å²) in [5.41, 5.74) is 1.49. The Balaban J connectivity index is 1.71. The molecule has 5 nitrogen and oxygen atoms in total. The fraction of sp³-hybridized carbons (Fsp3) is 0.350. The number of unbranched alkanes of at least 4 members (excludes halogenated alkanes) is 1. The Hall–Kier alpha value is -2.34. The largest absolute Gasteiger partial charge is 0.465 e. The monoisotopic (exact) mass is 373 g/mol. The molecular weight excluding hydrogens is 350 g/mol. The number of hydrogen-bond donors (Lipinski definition) is 0. The first-order valence-corrected chi connectivity index (χ1v) is 10.5. The summed E-state index contributed by atoms with van der Waals surface area (Å²) in [4.78, 5) is 14.8. The SMILES string of the molecule is CCCCS(=O)(=O)c1ccc(C(=O)N2CCC=C(c3ccco3)C2)cc1. The standard InChI is InChI=1S/C20H23NO4S/c1-2-3-14-26(23,24)18-10-8-16(9-11-18)20(22)21-12-4-6-17(15-21)19-7-5-13-25-19/h5-11,13H,2-4,12,14-15H2,1H3. The van der Waals surface area contributed by atoms with Crippen molar-refractivity contribution in [2.75, 3.05) is 18.8 Å². The molecule has 1 aromatic heterocycles. The van der Waals surface area contributed by atoms with E-state index in [1.165, 1.54) is 12.1 Å². The third-order valence-electron chi connectivity index (χ3n) is 4.50. The molecule has 1 aliphatic heterocycles. The molecule has 26 heavy (non-hydrogen) atoms. The lowest BCUT2D eigenvalue weighted by Crippen LogP contribution is -2.35. The fourth-order valence-electron chi connectivity index (χ4n) is 3.00. The van der Waals surface area contributed by atoms with Crippen LogP contribution in [-0.2, 0) is 9.84 Å². The summed E-state index contributed by atoms with van der Waals surface area (Å²) < 4.78 is 29.9. The predicted octanol–water partition coefficient (Wildman–Crippen LogP) is 3.78. The molecule has 0 bridgehead atoms. The van der Waals surface area contributed by atoms with Crippen molar-refractivity contribution in [1.29, 1.82) is 0 Å². The molecule has 0 atom stereocenters. The first kappa shape index (κ1) is 18.5. The van der Waals surface area contributed by atoms with Gasteiger partial charge in [-0.1, -0.05) is 19.4 Å². The molecule has 0 saturated carbocycles. The molecule has 1 amide bonds. The average Bonchev–Trinajstić information content (AvgIpc) is 3.21. The Morgan fingerprint density at radius 1 is 1.19 bits per heavy atom. The van der Waals surface area contributed by atoms with E-state index in [2.05, 4.69) is 6.08 Å². The van der Waals surface area contributed by atoms with Gasteiger partial charge in [-0.15, -0.1) is 0 Å². The minimum Gasteiger partial charge on any atom is -0.465 e. The maximum Gasteiger partial charge on any atom is 0.254 e. The van der Waals surface area contributed by atoms with Crippen molar-refractivity contribution in [2.24, 2.45) is 0 Å². The van der Waals surface area contributed by atoms with E-state index in [9.17, 15) is 13.2 Å². The lowest BCUT2D eigenvalue weighted by Gasteiger charge is -2.27. The second kappa shape index (κ2) is 7.91. The van der Waals surface area contributed by atoms with Crippen LogP contribution in [-0.4, -0.2) is 38.1 Å². The lowest BCUT2D eigenvalue weighted by atomic mass is 10.1. The van der Waals surface area contributed by atoms with Crippen molar-refractivity contribution in [3.63, 3.8) is 0 Å². The molecule has 0 N–H and O–H groups in total. The number of nitrogens with zero attached hydrogens (tertiary/aromatic N) is 1. The Morgan fingerprint density at radius 2 is 1.96 bits per heavy atom. The van der Waals surface area contributed by atoms with Crippen LogP contribution in [0.2, 0.25) is 0 Å². The first-order chi connectivity index (χ1) is 12.5. The summed E-state index contributed by atoms with van der Waals surface area (Å²) in [5, 5.41) is 0. The van der Waals surface area contributed by atoms with Crippen molar-refractivity contribution in [3.05, 3.63) is 60.1 Å². The molecule has 0 radical (unpaired) electrons. The van der Waals surface area contributed by atoms with Crippen LogP contribution in [0.3, 0.4) is 0 Å². The molecule has 138 valence electrons. The van der Waals surface area contributed by atoms with Gasteiger partial charge in [0.05, 0.1) is 16.9 Å². The van der Waals surface area contributed by atoms with E-state index in [0.717, 1.165) is 24.2 Å². The Bertz CT molecular complexity index is 880. The zero-order valence-corrected chi connectivity index (χ0v) is 15.7. The highest BCUT2D eigenvalue weighted by molar-refractivity contribution is 7.91. The van der Waals surface area contributed by atoms with Crippen molar-refractivity contribution < 1.29 is 17.6 Å². The molecular formula is C20H23NO4S. The van der Waals surface area contributed by atoms with E-state index in [4.69, 9.17) is 4.42 Å². The van der Waals surface area contributed by atoms with Gasteiger partial charge in [0.1, 0.15) is 5.76 Å². The van der Waals surface area contributed by atoms with Gasteiger partial charge >= 0.3 is 0 Å². The molecule has 0 saturated heterocycles. The van der Waals surface area contributed by atoms with Crippen LogP contribution in [0.5, 0.6) is 0 Å². The van der Waals surface area contributed by atoms with Crippen molar-refractivity contribution in [2.45, 2.75) is 31.1 Å². The highest BCUT2D eigenvalue weighted by atomic mass is 32.2. The number of amides is 1. The zero-order chi connectivity index (χ0) is 18.6. The highest BCUT2D eigenvalue weighted by Crippen LogP contribution is 2.23. The second-order valence-electron chi connectivity index (χ2n) is 6.42. The third kappa shape index (κ3) is 4.07. The molecule has 2 heterocycles. The predicted molar refractivity (Wildman–Crippen MR) is 101 cm³/mol.